The number of hydrogen-bond donors (Lipinski definition) is 2. The van der Waals surface area contributed by atoms with E-state index in [1.807, 2.05) is 4.90 Å². The van der Waals surface area contributed by atoms with Gasteiger partial charge in [0.2, 0.25) is 0 Å². The lowest BCUT2D eigenvalue weighted by Gasteiger charge is -2.32. The van der Waals surface area contributed by atoms with Crippen LogP contribution in [0.1, 0.15) is 4.11 Å². The van der Waals surface area contributed by atoms with Crippen molar-refractivity contribution in [3.63, 3.8) is 0 Å². The second-order valence-corrected chi connectivity index (χ2v) is 3.52. The fraction of sp³-hybridized carbons (Fsp3) is 0.556. The highest BCUT2D eigenvalue weighted by molar-refractivity contribution is 6.57. The Hall–Kier alpha value is -0.975. The summed E-state index contributed by atoms with van der Waals surface area (Å²) in [6.07, 6.45) is 0. The molecule has 1 fully saturated rings. The third kappa shape index (κ3) is 2.34. The minimum Gasteiger partial charge on any atom is -0.449 e. The number of likely N-dealkylation sites (N-methyl/N-ethyl adjacent to an activating group) is 1. The summed E-state index contributed by atoms with van der Waals surface area (Å²) >= 11 is 0. The first-order valence-corrected chi connectivity index (χ1v) is 4.84. The van der Waals surface area contributed by atoms with Gasteiger partial charge in [-0.1, -0.05) is 0 Å². The molecule has 0 bridgehead atoms. The lowest BCUT2D eigenvalue weighted by atomic mass is 9.88. The van der Waals surface area contributed by atoms with E-state index in [-0.39, 0.29) is 5.66 Å². The van der Waals surface area contributed by atoms with Gasteiger partial charge in [0.1, 0.15) is 5.66 Å². The Balaban J connectivity index is 1.97. The second-order valence-electron chi connectivity index (χ2n) is 3.52. The molecule has 5 nitrogen and oxygen atoms in total. The number of rotatable bonds is 2. The maximum Gasteiger partial charge on any atom is 0.526 e. The zero-order valence-corrected chi connectivity index (χ0v) is 8.26. The topological polar surface area (TPSA) is 60.1 Å². The van der Waals surface area contributed by atoms with Gasteiger partial charge < -0.3 is 24.3 Å². The molecule has 0 radical (unpaired) electrons. The Labute approximate surface area is 93.3 Å². The minimum absolute atomic E-state index is 0.0863. The molecule has 1 aliphatic rings. The molecule has 82 valence electrons. The van der Waals surface area contributed by atoms with E-state index in [2.05, 4.69) is 0 Å². The van der Waals surface area contributed by atoms with E-state index < -0.39 is 14.1 Å². The summed E-state index contributed by atoms with van der Waals surface area (Å²) in [4.78, 5) is 3.32. The Morgan fingerprint density at radius 1 is 1.33 bits per heavy atom. The molecule has 2 N–H and O–H groups in total. The lowest BCUT2D eigenvalue weighted by Crippen LogP contribution is -2.44. The summed E-state index contributed by atoms with van der Waals surface area (Å²) in [7, 11) is -1.62. The van der Waals surface area contributed by atoms with Crippen molar-refractivity contribution in [2.75, 3.05) is 38.1 Å². The molecule has 1 aromatic rings. The maximum absolute atomic E-state index is 8.94. The van der Waals surface area contributed by atoms with E-state index in [4.69, 9.17) is 18.6 Å². The number of furan rings is 1. The highest BCUT2D eigenvalue weighted by Crippen LogP contribution is 2.15. The van der Waals surface area contributed by atoms with E-state index in [0.29, 0.717) is 32.1 Å². The SMILES string of the molecule is [2H]C([2H])([2H])N1CCN(c2ccc(B(O)O)o2)CC1. The van der Waals surface area contributed by atoms with Crippen LogP contribution in [0.2, 0.25) is 0 Å². The number of nitrogens with zero attached hydrogens (tertiary/aromatic N) is 2. The molecule has 0 aliphatic carbocycles. The molecular weight excluding hydrogens is 195 g/mol. The van der Waals surface area contributed by atoms with Gasteiger partial charge in [0.15, 0.2) is 5.88 Å². The Morgan fingerprint density at radius 3 is 2.60 bits per heavy atom. The van der Waals surface area contributed by atoms with Gasteiger partial charge in [-0.25, -0.2) is 0 Å². The normalized spacial score (nSPS) is 22.0. The monoisotopic (exact) mass is 213 g/mol. The van der Waals surface area contributed by atoms with Crippen molar-refractivity contribution in [3.05, 3.63) is 12.1 Å². The van der Waals surface area contributed by atoms with Crippen LogP contribution in [0.3, 0.4) is 0 Å². The predicted octanol–water partition coefficient (Wildman–Crippen LogP) is -1.29. The molecule has 0 unspecified atom stereocenters. The van der Waals surface area contributed by atoms with Crippen LogP contribution in [0, 0.1) is 0 Å². The molecule has 0 saturated carbocycles. The second kappa shape index (κ2) is 4.26. The van der Waals surface area contributed by atoms with Crippen molar-refractivity contribution in [2.24, 2.45) is 0 Å². The first-order valence-electron chi connectivity index (χ1n) is 6.34. The zero-order valence-electron chi connectivity index (χ0n) is 11.3. The van der Waals surface area contributed by atoms with Crippen LogP contribution in [0.4, 0.5) is 5.88 Å². The van der Waals surface area contributed by atoms with Gasteiger partial charge in [0, 0.05) is 36.4 Å². The summed E-state index contributed by atoms with van der Waals surface area (Å²) < 4.78 is 27.2. The Kier molecular flexibility index (Phi) is 2.08. The molecular formula is C9H15BN2O3. The summed E-state index contributed by atoms with van der Waals surface area (Å²) in [5, 5.41) is 17.9. The summed E-state index contributed by atoms with van der Waals surface area (Å²) in [6.45, 7) is -0.135. The molecule has 2 rings (SSSR count). The van der Waals surface area contributed by atoms with Crippen LogP contribution in [-0.2, 0) is 0 Å². The highest BCUT2D eigenvalue weighted by atomic mass is 16.4. The molecule has 0 amide bonds. The van der Waals surface area contributed by atoms with Crippen molar-refractivity contribution in [1.29, 1.82) is 0 Å². The van der Waals surface area contributed by atoms with Crippen molar-refractivity contribution in [2.45, 2.75) is 0 Å². The maximum atomic E-state index is 8.94. The molecule has 15 heavy (non-hydrogen) atoms. The first-order chi connectivity index (χ1) is 8.38. The van der Waals surface area contributed by atoms with E-state index in [1.165, 1.54) is 11.0 Å². The van der Waals surface area contributed by atoms with Gasteiger partial charge in [-0.15, -0.1) is 0 Å². The van der Waals surface area contributed by atoms with Crippen molar-refractivity contribution >= 4 is 18.7 Å². The van der Waals surface area contributed by atoms with Gasteiger partial charge >= 0.3 is 7.12 Å². The van der Waals surface area contributed by atoms with Gasteiger partial charge in [-0.2, -0.15) is 0 Å². The summed E-state index contributed by atoms with van der Waals surface area (Å²) in [6, 6.07) is 3.15. The Bertz CT molecular complexity index is 402. The van der Waals surface area contributed by atoms with Crippen molar-refractivity contribution in [1.82, 2.24) is 4.90 Å². The average Bonchev–Trinajstić information content (AvgIpc) is 2.77. The fourth-order valence-electron chi connectivity index (χ4n) is 1.58. The summed E-state index contributed by atoms with van der Waals surface area (Å²) in [5.41, 5.74) is 0.0863. The molecule has 0 spiro atoms. The van der Waals surface area contributed by atoms with Gasteiger partial charge in [-0.3, -0.25) is 0 Å². The highest BCUT2D eigenvalue weighted by Gasteiger charge is 2.20. The molecule has 2 heterocycles. The van der Waals surface area contributed by atoms with Crippen molar-refractivity contribution < 1.29 is 18.6 Å². The molecule has 0 aromatic carbocycles. The van der Waals surface area contributed by atoms with E-state index in [0.717, 1.165) is 0 Å². The van der Waals surface area contributed by atoms with E-state index >= 15 is 0 Å². The minimum atomic E-state index is -2.05. The standard InChI is InChI=1S/C9H15BN2O3/c1-11-4-6-12(7-5-11)9-3-2-8(15-9)10(13)14/h2-3,13-14H,4-7H2,1H3/i1D3. The van der Waals surface area contributed by atoms with Crippen LogP contribution in [0.15, 0.2) is 16.5 Å². The molecule has 1 saturated heterocycles. The first kappa shape index (κ1) is 7.32. The Morgan fingerprint density at radius 2 is 2.07 bits per heavy atom. The fourth-order valence-corrected chi connectivity index (χ4v) is 1.58. The largest absolute Gasteiger partial charge is 0.526 e. The number of anilines is 1. The third-order valence-corrected chi connectivity index (χ3v) is 2.46. The number of hydrogen-bond acceptors (Lipinski definition) is 5. The van der Waals surface area contributed by atoms with Crippen LogP contribution in [0.5, 0.6) is 0 Å². The molecule has 1 aliphatic heterocycles. The van der Waals surface area contributed by atoms with Crippen molar-refractivity contribution in [3.8, 4) is 0 Å². The van der Waals surface area contributed by atoms with Gasteiger partial charge in [0.25, 0.3) is 0 Å². The average molecular weight is 213 g/mol. The lowest BCUT2D eigenvalue weighted by molar-refractivity contribution is 0.306. The summed E-state index contributed by atoms with van der Waals surface area (Å²) in [5.74, 6) is 0.531. The molecule has 6 heteroatoms. The van der Waals surface area contributed by atoms with E-state index in [9.17, 15) is 0 Å². The van der Waals surface area contributed by atoms with Gasteiger partial charge in [-0.05, 0) is 13.0 Å². The predicted molar refractivity (Wildman–Crippen MR) is 58.2 cm³/mol. The van der Waals surface area contributed by atoms with Gasteiger partial charge in [0.05, 0.1) is 0 Å². The van der Waals surface area contributed by atoms with E-state index in [1.54, 1.807) is 6.07 Å². The van der Waals surface area contributed by atoms with Crippen LogP contribution >= 0.6 is 0 Å². The van der Waals surface area contributed by atoms with Crippen LogP contribution in [-0.4, -0.2) is 55.2 Å². The third-order valence-electron chi connectivity index (χ3n) is 2.46. The molecule has 1 aromatic heterocycles. The van der Waals surface area contributed by atoms with Crippen LogP contribution < -0.4 is 10.6 Å². The van der Waals surface area contributed by atoms with Crippen LogP contribution in [0.25, 0.3) is 0 Å². The zero-order chi connectivity index (χ0) is 13.3. The molecule has 0 atom stereocenters. The number of piperazine rings is 1. The quantitative estimate of drug-likeness (QED) is 0.598. The smallest absolute Gasteiger partial charge is 0.449 e.